The number of aromatic nitrogens is 3. The van der Waals surface area contributed by atoms with E-state index in [0.717, 1.165) is 60.7 Å². The number of benzene rings is 1. The van der Waals surface area contributed by atoms with Crippen molar-refractivity contribution in [1.29, 1.82) is 0 Å². The number of nitrogens with zero attached hydrogens (tertiary/aromatic N) is 4. The van der Waals surface area contributed by atoms with Crippen LogP contribution in [0, 0.1) is 0 Å². The second-order valence-corrected chi connectivity index (χ2v) is 7.89. The van der Waals surface area contributed by atoms with Gasteiger partial charge in [-0.05, 0) is 55.5 Å². The lowest BCUT2D eigenvalue weighted by atomic mass is 9.85. The molecule has 1 aromatic carbocycles. The maximum absolute atomic E-state index is 13.0. The molecule has 1 saturated carbocycles. The molecule has 0 radical (unpaired) electrons. The van der Waals surface area contributed by atoms with Crippen molar-refractivity contribution in [1.82, 2.24) is 19.5 Å². The van der Waals surface area contributed by atoms with Gasteiger partial charge in [0.25, 0.3) is 0 Å². The number of hydrogen-bond acceptors (Lipinski definition) is 4. The summed E-state index contributed by atoms with van der Waals surface area (Å²) in [7, 11) is 1.66. The van der Waals surface area contributed by atoms with Gasteiger partial charge in [-0.2, -0.15) is 0 Å². The van der Waals surface area contributed by atoms with Gasteiger partial charge in [-0.1, -0.05) is 18.6 Å². The van der Waals surface area contributed by atoms with Crippen LogP contribution in [0.3, 0.4) is 0 Å². The summed E-state index contributed by atoms with van der Waals surface area (Å²) in [6, 6.07) is 11.8. The van der Waals surface area contributed by atoms with Gasteiger partial charge in [0, 0.05) is 18.7 Å². The molecule has 1 atom stereocenters. The molecule has 150 valence electrons. The lowest BCUT2D eigenvalue weighted by Gasteiger charge is -2.26. The van der Waals surface area contributed by atoms with Gasteiger partial charge in [-0.25, -0.2) is 4.79 Å². The number of nitrogens with one attached hydrogen (secondary N) is 1. The molecule has 2 aromatic heterocycles. The van der Waals surface area contributed by atoms with Crippen LogP contribution in [0.15, 0.2) is 42.6 Å². The minimum absolute atomic E-state index is 0.0686. The zero-order valence-electron chi connectivity index (χ0n) is 16.5. The molecule has 5 rings (SSSR count). The summed E-state index contributed by atoms with van der Waals surface area (Å²) < 4.78 is 7.27. The number of amides is 2. The predicted molar refractivity (Wildman–Crippen MR) is 110 cm³/mol. The van der Waals surface area contributed by atoms with Crippen LogP contribution in [-0.2, 0) is 0 Å². The average Bonchev–Trinajstić information content (AvgIpc) is 3.35. The molecule has 0 unspecified atom stereocenters. The summed E-state index contributed by atoms with van der Waals surface area (Å²) in [6.07, 6.45) is 7.48. The van der Waals surface area contributed by atoms with Crippen molar-refractivity contribution in [3.63, 3.8) is 0 Å². The van der Waals surface area contributed by atoms with E-state index in [1.54, 1.807) is 7.11 Å². The smallest absolute Gasteiger partial charge is 0.322 e. The highest BCUT2D eigenvalue weighted by atomic mass is 16.5. The third kappa shape index (κ3) is 3.30. The molecule has 0 spiro atoms. The van der Waals surface area contributed by atoms with Gasteiger partial charge in [-0.3, -0.25) is 4.40 Å². The monoisotopic (exact) mass is 391 g/mol. The number of hydrogen-bond donors (Lipinski definition) is 1. The molecule has 7 nitrogen and oxygen atoms in total. The van der Waals surface area contributed by atoms with Crippen molar-refractivity contribution < 1.29 is 9.53 Å². The molecule has 1 saturated heterocycles. The topological polar surface area (TPSA) is 71.8 Å². The van der Waals surface area contributed by atoms with Crippen LogP contribution in [0.25, 0.3) is 5.65 Å². The first-order valence-electron chi connectivity index (χ1n) is 10.3. The lowest BCUT2D eigenvalue weighted by Crippen LogP contribution is -2.34. The van der Waals surface area contributed by atoms with Crippen molar-refractivity contribution in [3.8, 4) is 5.75 Å². The molecule has 1 aliphatic carbocycles. The number of fused-ring (bicyclic) bond motifs is 1. The van der Waals surface area contributed by atoms with Gasteiger partial charge in [0.1, 0.15) is 11.6 Å². The molecule has 2 aliphatic rings. The van der Waals surface area contributed by atoms with E-state index in [1.807, 2.05) is 51.9 Å². The summed E-state index contributed by atoms with van der Waals surface area (Å²) >= 11 is 0. The second-order valence-electron chi connectivity index (χ2n) is 7.89. The zero-order chi connectivity index (χ0) is 19.8. The first kappa shape index (κ1) is 18.0. The maximum atomic E-state index is 13.0. The van der Waals surface area contributed by atoms with Gasteiger partial charge < -0.3 is 15.0 Å². The molecule has 3 heterocycles. The van der Waals surface area contributed by atoms with E-state index in [1.165, 1.54) is 6.42 Å². The Hall–Kier alpha value is -3.09. The third-order valence-electron chi connectivity index (χ3n) is 6.16. The number of rotatable bonds is 4. The Labute approximate surface area is 169 Å². The molecule has 1 N–H and O–H groups in total. The highest BCUT2D eigenvalue weighted by Crippen LogP contribution is 2.36. The van der Waals surface area contributed by atoms with Gasteiger partial charge in [0.05, 0.1) is 18.8 Å². The highest BCUT2D eigenvalue weighted by Gasteiger charge is 2.30. The van der Waals surface area contributed by atoms with Crippen LogP contribution in [0.1, 0.15) is 55.5 Å². The van der Waals surface area contributed by atoms with E-state index in [9.17, 15) is 4.79 Å². The Kier molecular flexibility index (Phi) is 4.58. The van der Waals surface area contributed by atoms with Gasteiger partial charge in [-0.15, -0.1) is 10.2 Å². The molecular weight excluding hydrogens is 366 g/mol. The number of pyridine rings is 1. The van der Waals surface area contributed by atoms with Crippen molar-refractivity contribution >= 4 is 17.4 Å². The number of carbonyl (C=O) groups is 1. The zero-order valence-corrected chi connectivity index (χ0v) is 16.5. The second kappa shape index (κ2) is 7.39. The number of carbonyl (C=O) groups excluding carboxylic acids is 1. The van der Waals surface area contributed by atoms with Crippen molar-refractivity contribution in [3.05, 3.63) is 54.0 Å². The van der Waals surface area contributed by atoms with E-state index in [0.29, 0.717) is 5.92 Å². The first-order chi connectivity index (χ1) is 14.2. The number of methoxy groups -OCH3 is 1. The fraction of sp³-hybridized carbons (Fsp3) is 0.409. The SMILES string of the molecule is COc1ccc([C@H]2CCCN2C(=O)Nc2ccc3nnc(C4CCC4)n3c2)cc1. The lowest BCUT2D eigenvalue weighted by molar-refractivity contribution is 0.207. The Morgan fingerprint density at radius 1 is 1.07 bits per heavy atom. The van der Waals surface area contributed by atoms with Crippen LogP contribution < -0.4 is 10.1 Å². The Morgan fingerprint density at radius 3 is 2.62 bits per heavy atom. The molecule has 2 fully saturated rings. The van der Waals surface area contributed by atoms with E-state index >= 15 is 0 Å². The van der Waals surface area contributed by atoms with Crippen molar-refractivity contribution in [2.45, 2.75) is 44.1 Å². The van der Waals surface area contributed by atoms with E-state index in [-0.39, 0.29) is 12.1 Å². The number of anilines is 1. The largest absolute Gasteiger partial charge is 0.497 e. The fourth-order valence-electron chi connectivity index (χ4n) is 4.30. The predicted octanol–water partition coefficient (Wildman–Crippen LogP) is 4.37. The Bertz CT molecular complexity index is 1030. The van der Waals surface area contributed by atoms with E-state index in [2.05, 4.69) is 15.5 Å². The minimum atomic E-state index is -0.0686. The minimum Gasteiger partial charge on any atom is -0.497 e. The highest BCUT2D eigenvalue weighted by molar-refractivity contribution is 5.89. The summed E-state index contributed by atoms with van der Waals surface area (Å²) in [5.41, 5.74) is 2.73. The summed E-state index contributed by atoms with van der Waals surface area (Å²) in [4.78, 5) is 15.0. The average molecular weight is 391 g/mol. The number of likely N-dealkylation sites (tertiary alicyclic amines) is 1. The van der Waals surface area contributed by atoms with Gasteiger partial charge >= 0.3 is 6.03 Å². The van der Waals surface area contributed by atoms with Crippen molar-refractivity contribution in [2.75, 3.05) is 19.0 Å². The molecule has 7 heteroatoms. The summed E-state index contributed by atoms with van der Waals surface area (Å²) in [5, 5.41) is 11.7. The molecule has 29 heavy (non-hydrogen) atoms. The molecule has 1 aliphatic heterocycles. The van der Waals surface area contributed by atoms with E-state index in [4.69, 9.17) is 4.74 Å². The molecule has 3 aromatic rings. The van der Waals surface area contributed by atoms with E-state index < -0.39 is 0 Å². The quantitative estimate of drug-likeness (QED) is 0.717. The summed E-state index contributed by atoms with van der Waals surface area (Å²) in [5.74, 6) is 2.31. The van der Waals surface area contributed by atoms with Crippen LogP contribution in [0.2, 0.25) is 0 Å². The maximum Gasteiger partial charge on any atom is 0.322 e. The van der Waals surface area contributed by atoms with Gasteiger partial charge in [0.15, 0.2) is 5.65 Å². The van der Waals surface area contributed by atoms with Gasteiger partial charge in [0.2, 0.25) is 0 Å². The first-order valence-corrected chi connectivity index (χ1v) is 10.3. The van der Waals surface area contributed by atoms with Crippen LogP contribution in [-0.4, -0.2) is 39.2 Å². The standard InChI is InChI=1S/C22H25N5O2/c1-29-18-10-7-15(8-11-18)19-6-3-13-26(19)22(28)23-17-9-12-20-24-25-21(27(20)14-17)16-4-2-5-16/h7-12,14,16,19H,2-6,13H2,1H3,(H,23,28)/t19-/m1/s1. The number of ether oxygens (including phenoxy) is 1. The Morgan fingerprint density at radius 2 is 1.90 bits per heavy atom. The normalized spacial score (nSPS) is 19.3. The molecule has 2 amide bonds. The molecule has 0 bridgehead atoms. The fourth-order valence-corrected chi connectivity index (χ4v) is 4.30. The van der Waals surface area contributed by atoms with Crippen LogP contribution in [0.4, 0.5) is 10.5 Å². The molecular formula is C22H25N5O2. The third-order valence-corrected chi connectivity index (χ3v) is 6.16. The van der Waals surface area contributed by atoms with Crippen LogP contribution in [0.5, 0.6) is 5.75 Å². The van der Waals surface area contributed by atoms with Crippen molar-refractivity contribution in [2.24, 2.45) is 0 Å². The summed E-state index contributed by atoms with van der Waals surface area (Å²) in [6.45, 7) is 0.755. The number of urea groups is 1. The van der Waals surface area contributed by atoms with Crippen LogP contribution >= 0.6 is 0 Å². The Balaban J connectivity index is 1.34.